The maximum Gasteiger partial charge on any atom is 1.00 e. The molecule has 2 aliphatic rings. The molecule has 12 rings (SSSR count). The number of rotatable bonds is 23. The fraction of sp³-hybridized carbons (Fsp3) is 0.162. The van der Waals surface area contributed by atoms with Gasteiger partial charge in [0.15, 0.2) is 23.1 Å². The SMILES string of the molecule is CC(C)(C)C1=Nn2nc(-c3ccc(NS(=O)(=O)c4cc(C(=O)[O-])cc(C(=O)[O-])c4)cc3)nc2C1=Nc1cc(Cl)c(O)c(Cl)c1.COC(=O)c1cc(N=C2C(C(C)(C)C)=Nn3nc(-c4ccc(NS(=O)(=O)c5cc(C(=O)[O-])cc(C(=O)[O-])c5)cc4)nc32)cc(Cl)c1O.O=C([O-])c1cc(S(=O)(=O)[O-])ccc1OCCCN=Nc1cc(Cl)c(O)c(Cl)c1.[K+].[K+].[K+].[K+].[Na+].[Na+]. The van der Waals surface area contributed by atoms with Crippen LogP contribution in [0.3, 0.4) is 0 Å². The number of aromatic hydroxyl groups is 3. The minimum atomic E-state index is -4.80. The number of aromatic nitrogens is 6. The van der Waals surface area contributed by atoms with E-state index in [0.29, 0.717) is 63.7 Å². The molecule has 0 atom stereocenters. The summed E-state index contributed by atoms with van der Waals surface area (Å²) in [5.74, 6) is -9.60. The first-order chi connectivity index (χ1) is 55.6. The number of sulfonamides is 2. The summed E-state index contributed by atoms with van der Waals surface area (Å²) in [4.78, 5) is 87.6. The number of aliphatic imine (C=N–C) groups is 2. The second kappa shape index (κ2) is 47.4. The summed E-state index contributed by atoms with van der Waals surface area (Å²) in [6.45, 7) is 11.8. The van der Waals surface area contributed by atoms with Gasteiger partial charge in [-0.05, 0) is 162 Å². The summed E-state index contributed by atoms with van der Waals surface area (Å²) in [5, 5.41) is 112. The Labute approximate surface area is 950 Å². The first-order valence-electron chi connectivity index (χ1n) is 33.6. The Morgan fingerprint density at radius 1 is 0.472 bits per heavy atom. The maximum atomic E-state index is 13.0. The van der Waals surface area contributed by atoms with Crippen LogP contribution in [0, 0.1) is 10.8 Å². The standard InChI is InChI=1S/C30H25ClN6O9S.C28H22Cl2N6O7S.C16H14Cl2N2O7S.4K.2Na/c1-30(2,3)24-22(32-18-12-20(29(43)46-4)23(38)21(31)13-18)26-33-25(35-37(26)34-24)14-5-7-17(8-6-14)36-47(44,45)19-10-15(27(39)40)9-16(11-19)28(41)42;1-28(2,3)23-21(31-17-11-19(29)22(37)20(30)12-17)25-32-24(34-36(25)33-23)13-4-6-16(7-5-13)35-44(42,43)18-9-14(26(38)39)8-15(10-18)27(40)41;17-12-6-9(7-13(18)15(12)21)20-19-4-1-5-27-14-3-2-10(28(24,25)26)8-11(14)16(22)23;;;;;;/h5-13,36,38H,1-4H3,(H,39,40)(H,41,42);4-12,35,37H,1-3H3,(H,38,39)(H,40,41);2-3,6-8,21H,1,4-5H2,(H,22,23)(H,24,25,26);;;;;;/q;;;6*+1/p-6. The van der Waals surface area contributed by atoms with Crippen molar-refractivity contribution in [1.29, 1.82) is 0 Å². The van der Waals surface area contributed by atoms with Gasteiger partial charge in [0.2, 0.25) is 11.6 Å². The van der Waals surface area contributed by atoms with E-state index in [4.69, 9.17) is 67.5 Å². The summed E-state index contributed by atoms with van der Waals surface area (Å²) < 4.78 is 99.3. The van der Waals surface area contributed by atoms with Crippen molar-refractivity contribution in [3.8, 4) is 45.8 Å². The minimum absolute atomic E-state index is 0. The number of nitrogens with one attached hydrogen (secondary N) is 2. The van der Waals surface area contributed by atoms with Crippen molar-refractivity contribution >= 4 is 175 Å². The second-order valence-electron chi connectivity index (χ2n) is 27.0. The number of benzene rings is 8. The van der Waals surface area contributed by atoms with E-state index in [1.807, 2.05) is 41.5 Å². The summed E-state index contributed by atoms with van der Waals surface area (Å²) in [6.07, 6.45) is 0.344. The Morgan fingerprint density at radius 3 is 1.18 bits per heavy atom. The Balaban J connectivity index is 0.000000396. The van der Waals surface area contributed by atoms with Crippen LogP contribution in [-0.2, 0) is 34.9 Å². The fourth-order valence-corrected chi connectivity index (χ4v) is 14.5. The third-order valence-corrected chi connectivity index (χ3v) is 21.3. The Kier molecular flexibility index (Phi) is 42.9. The van der Waals surface area contributed by atoms with Crippen molar-refractivity contribution < 1.29 is 374 Å². The van der Waals surface area contributed by atoms with Gasteiger partial charge in [0.05, 0.1) is 118 Å². The van der Waals surface area contributed by atoms with Crippen LogP contribution < -0.4 is 304 Å². The molecule has 37 nitrogen and oxygen atoms in total. The number of carbonyl (C=O) groups excluding carboxylic acids is 6. The predicted octanol–water partition coefficient (Wildman–Crippen LogP) is -10.6. The zero-order chi connectivity index (χ0) is 87.5. The Bertz CT molecular complexity index is 6310. The monoisotopic (exact) mass is 1980 g/mol. The molecule has 0 amide bonds. The number of carbonyl (C=O) groups is 6. The van der Waals surface area contributed by atoms with E-state index in [1.165, 1.54) is 94.5 Å². The number of carboxylic acids is 5. The molecule has 0 bridgehead atoms. The van der Waals surface area contributed by atoms with E-state index in [0.717, 1.165) is 55.6 Å². The second-order valence-corrected chi connectivity index (χ2v) is 33.8. The smallest absolute Gasteiger partial charge is 0.744 e. The van der Waals surface area contributed by atoms with E-state index in [2.05, 4.69) is 60.0 Å². The van der Waals surface area contributed by atoms with Gasteiger partial charge in [-0.2, -0.15) is 20.4 Å². The number of carboxylic acid groups (broad SMARTS) is 5. The number of ether oxygens (including phenoxy) is 2. The molecule has 125 heavy (non-hydrogen) atoms. The van der Waals surface area contributed by atoms with Crippen LogP contribution in [0.5, 0.6) is 23.0 Å². The van der Waals surface area contributed by atoms with E-state index >= 15 is 0 Å². The van der Waals surface area contributed by atoms with Crippen molar-refractivity contribution in [3.63, 3.8) is 0 Å². The molecular weight excluding hydrogens is 1930 g/mol. The average Bonchev–Trinajstić information content (AvgIpc) is 1.61. The number of hydrogen-bond acceptors (Lipinski definition) is 33. The summed E-state index contributed by atoms with van der Waals surface area (Å²) >= 11 is 29.8. The van der Waals surface area contributed by atoms with Crippen LogP contribution in [0.1, 0.15) is 122 Å². The first kappa shape index (κ1) is 113. The van der Waals surface area contributed by atoms with Gasteiger partial charge in [-0.3, -0.25) is 9.44 Å². The van der Waals surface area contributed by atoms with Gasteiger partial charge in [-0.15, -0.1) is 19.8 Å². The van der Waals surface area contributed by atoms with Crippen LogP contribution in [0.2, 0.25) is 25.1 Å². The maximum absolute atomic E-state index is 13.0. The number of methoxy groups -OCH3 is 1. The molecule has 2 aromatic heterocycles. The van der Waals surface area contributed by atoms with Gasteiger partial charge in [0.1, 0.15) is 38.6 Å². The van der Waals surface area contributed by atoms with Crippen LogP contribution in [-0.4, -0.2) is 154 Å². The number of fused-ring (bicyclic) bond motifs is 2. The fourth-order valence-electron chi connectivity index (χ4n) is 10.6. The van der Waals surface area contributed by atoms with E-state index in [-0.39, 0.29) is 360 Å². The largest absolute Gasteiger partial charge is 1.00 e. The van der Waals surface area contributed by atoms with Crippen LogP contribution >= 0.6 is 58.0 Å². The molecule has 0 fully saturated rings. The van der Waals surface area contributed by atoms with Crippen molar-refractivity contribution in [3.05, 3.63) is 210 Å². The van der Waals surface area contributed by atoms with Crippen LogP contribution in [0.25, 0.3) is 22.8 Å². The molecule has 10 aromatic rings. The van der Waals surface area contributed by atoms with Gasteiger partial charge < -0.3 is 78.9 Å². The summed E-state index contributed by atoms with van der Waals surface area (Å²) in [6, 6.07) is 27.3. The molecule has 0 saturated carbocycles. The molecule has 2 aliphatic heterocycles. The first-order valence-corrected chi connectivity index (χ1v) is 39.9. The molecule has 618 valence electrons. The number of phenols is 3. The number of halogens is 5. The van der Waals surface area contributed by atoms with Crippen LogP contribution in [0.15, 0.2) is 185 Å². The molecule has 0 aliphatic carbocycles. The molecule has 0 unspecified atom stereocenters. The molecular formula is C74H55Cl5K4N14Na2O23S3. The average molecular weight is 1980 g/mol. The molecule has 8 aromatic carbocycles. The Hall–Kier alpha value is -4.25. The van der Waals surface area contributed by atoms with Crippen molar-refractivity contribution in [2.45, 2.75) is 62.6 Å². The van der Waals surface area contributed by atoms with E-state index < -0.39 is 125 Å². The zero-order valence-electron chi connectivity index (χ0n) is 67.9. The molecule has 0 saturated heterocycles. The molecule has 51 heteroatoms. The number of hydrogen-bond donors (Lipinski definition) is 5. The van der Waals surface area contributed by atoms with Crippen molar-refractivity contribution in [2.75, 3.05) is 29.7 Å². The number of aromatic carboxylic acids is 5. The number of anilines is 2. The normalized spacial score (nSPS) is 12.6. The molecule has 0 radical (unpaired) electrons. The van der Waals surface area contributed by atoms with Crippen molar-refractivity contribution in [1.82, 2.24) is 29.7 Å². The number of nitrogens with zero attached hydrogens (tertiary/aromatic N) is 12. The molecule has 0 spiro atoms. The summed E-state index contributed by atoms with van der Waals surface area (Å²) in [5.41, 5.74) is -0.424. The minimum Gasteiger partial charge on any atom is -0.744 e. The summed E-state index contributed by atoms with van der Waals surface area (Å²) in [7, 11) is -12.5. The van der Waals surface area contributed by atoms with Crippen LogP contribution in [0.4, 0.5) is 28.4 Å². The van der Waals surface area contributed by atoms with Gasteiger partial charge in [0.25, 0.3) is 20.0 Å². The number of esters is 1. The van der Waals surface area contributed by atoms with Gasteiger partial charge in [-0.25, -0.2) is 50.0 Å². The molecule has 5 N–H and O–H groups in total. The zero-order valence-corrected chi connectivity index (χ0v) is 90.6. The quantitative estimate of drug-likeness (QED) is 0.0130. The van der Waals surface area contributed by atoms with Gasteiger partial charge >= 0.3 is 271 Å². The van der Waals surface area contributed by atoms with Gasteiger partial charge in [-0.1, -0.05) is 99.5 Å². The Morgan fingerprint density at radius 2 is 0.832 bits per heavy atom. The number of phenolic OH excluding ortho intramolecular Hbond substituents is 3. The van der Waals surface area contributed by atoms with Gasteiger partial charge in [0, 0.05) is 45.3 Å². The topological polar surface area (TPSA) is 582 Å². The third kappa shape index (κ3) is 28.9. The number of azo groups is 1. The molecule has 4 heterocycles. The predicted molar refractivity (Wildman–Crippen MR) is 419 cm³/mol. The van der Waals surface area contributed by atoms with E-state index in [1.54, 1.807) is 0 Å². The third-order valence-electron chi connectivity index (χ3n) is 16.3. The van der Waals surface area contributed by atoms with E-state index in [9.17, 15) is 99.4 Å². The van der Waals surface area contributed by atoms with Crippen molar-refractivity contribution in [2.24, 2.45) is 41.2 Å².